The summed E-state index contributed by atoms with van der Waals surface area (Å²) in [5.41, 5.74) is 7.39. The van der Waals surface area contributed by atoms with Crippen molar-refractivity contribution < 1.29 is 9.90 Å². The van der Waals surface area contributed by atoms with Crippen molar-refractivity contribution in [2.75, 3.05) is 25.0 Å². The van der Waals surface area contributed by atoms with E-state index in [0.29, 0.717) is 19.0 Å². The lowest BCUT2D eigenvalue weighted by Crippen LogP contribution is -2.41. The number of aliphatic hydroxyl groups excluding tert-OH is 1. The maximum absolute atomic E-state index is 12.1. The van der Waals surface area contributed by atoms with Crippen molar-refractivity contribution in [2.24, 2.45) is 11.7 Å². The van der Waals surface area contributed by atoms with Gasteiger partial charge in [-0.25, -0.2) is 0 Å². The Morgan fingerprint density at radius 3 is 2.81 bits per heavy atom. The minimum atomic E-state index is -0.250. The maximum atomic E-state index is 12.1. The molecule has 1 aliphatic heterocycles. The van der Waals surface area contributed by atoms with Gasteiger partial charge in [-0.15, -0.1) is 0 Å². The number of likely N-dealkylation sites (tertiary alicyclic amines) is 1. The van der Waals surface area contributed by atoms with Crippen LogP contribution in [0.5, 0.6) is 0 Å². The Morgan fingerprint density at radius 1 is 1.48 bits per heavy atom. The molecule has 0 bridgehead atoms. The predicted octanol–water partition coefficient (Wildman–Crippen LogP) is 1.18. The van der Waals surface area contributed by atoms with Crippen molar-refractivity contribution in [3.8, 4) is 0 Å². The van der Waals surface area contributed by atoms with E-state index in [-0.39, 0.29) is 12.0 Å². The molecule has 0 aliphatic carbocycles. The van der Waals surface area contributed by atoms with Gasteiger partial charge in [0.25, 0.3) is 0 Å². The van der Waals surface area contributed by atoms with E-state index in [9.17, 15) is 9.90 Å². The third-order valence-electron chi connectivity index (χ3n) is 4.13. The number of nitrogens with one attached hydrogen (secondary N) is 1. The summed E-state index contributed by atoms with van der Waals surface area (Å²) in [6.45, 7) is 4.45. The van der Waals surface area contributed by atoms with Crippen molar-refractivity contribution >= 4 is 11.6 Å². The molecule has 1 fully saturated rings. The quantitative estimate of drug-likeness (QED) is 0.761. The fourth-order valence-corrected chi connectivity index (χ4v) is 2.77. The normalized spacial score (nSPS) is 18.4. The van der Waals surface area contributed by atoms with Gasteiger partial charge >= 0.3 is 0 Å². The molecule has 21 heavy (non-hydrogen) atoms. The molecule has 116 valence electrons. The van der Waals surface area contributed by atoms with Crippen molar-refractivity contribution in [1.29, 1.82) is 0 Å². The summed E-state index contributed by atoms with van der Waals surface area (Å²) in [5, 5.41) is 12.5. The summed E-state index contributed by atoms with van der Waals surface area (Å²) in [7, 11) is 0. The van der Waals surface area contributed by atoms with Gasteiger partial charge in [0.2, 0.25) is 5.91 Å². The van der Waals surface area contributed by atoms with E-state index in [4.69, 9.17) is 5.73 Å². The van der Waals surface area contributed by atoms with Crippen molar-refractivity contribution in [2.45, 2.75) is 32.4 Å². The Bertz CT molecular complexity index is 468. The molecule has 1 amide bonds. The first-order chi connectivity index (χ1) is 10.1. The molecular formula is C16H25N3O2. The highest BCUT2D eigenvalue weighted by atomic mass is 16.3. The SMILES string of the molecule is CC(O)C1CCN(CC(=O)Nc2cccc(CN)c2)CC1. The Labute approximate surface area is 126 Å². The minimum Gasteiger partial charge on any atom is -0.393 e. The van der Waals surface area contributed by atoms with Crippen LogP contribution in [0.25, 0.3) is 0 Å². The van der Waals surface area contributed by atoms with Crippen molar-refractivity contribution in [1.82, 2.24) is 4.90 Å². The minimum absolute atomic E-state index is 0.000307. The van der Waals surface area contributed by atoms with E-state index in [1.807, 2.05) is 31.2 Å². The van der Waals surface area contributed by atoms with E-state index in [1.165, 1.54) is 0 Å². The summed E-state index contributed by atoms with van der Waals surface area (Å²) < 4.78 is 0. The third-order valence-corrected chi connectivity index (χ3v) is 4.13. The van der Waals surface area contributed by atoms with Gasteiger partial charge < -0.3 is 16.2 Å². The van der Waals surface area contributed by atoms with E-state index in [0.717, 1.165) is 37.2 Å². The molecule has 1 heterocycles. The summed E-state index contributed by atoms with van der Waals surface area (Å²) >= 11 is 0. The number of hydrogen-bond donors (Lipinski definition) is 3. The van der Waals surface area contributed by atoms with Crippen LogP contribution in [0.2, 0.25) is 0 Å². The van der Waals surface area contributed by atoms with Gasteiger partial charge in [0.1, 0.15) is 0 Å². The number of nitrogens with zero attached hydrogens (tertiary/aromatic N) is 1. The number of aliphatic hydroxyl groups is 1. The fraction of sp³-hybridized carbons (Fsp3) is 0.562. The predicted molar refractivity (Wildman–Crippen MR) is 83.8 cm³/mol. The molecule has 1 atom stereocenters. The van der Waals surface area contributed by atoms with Gasteiger partial charge in [0.05, 0.1) is 12.6 Å². The van der Waals surface area contributed by atoms with Crippen LogP contribution in [0.3, 0.4) is 0 Å². The summed E-state index contributed by atoms with van der Waals surface area (Å²) in [6, 6.07) is 7.61. The number of nitrogens with two attached hydrogens (primary N) is 1. The second-order valence-electron chi connectivity index (χ2n) is 5.81. The Hall–Kier alpha value is -1.43. The number of carbonyl (C=O) groups excluding carboxylic acids is 1. The average Bonchev–Trinajstić information content (AvgIpc) is 2.47. The van der Waals surface area contributed by atoms with E-state index in [1.54, 1.807) is 0 Å². The molecule has 5 heteroatoms. The first-order valence-electron chi connectivity index (χ1n) is 7.57. The monoisotopic (exact) mass is 291 g/mol. The molecule has 0 radical (unpaired) electrons. The highest BCUT2D eigenvalue weighted by Gasteiger charge is 2.23. The molecule has 1 aliphatic rings. The summed E-state index contributed by atoms with van der Waals surface area (Å²) in [5.74, 6) is 0.366. The van der Waals surface area contributed by atoms with Crippen LogP contribution < -0.4 is 11.1 Å². The zero-order valence-corrected chi connectivity index (χ0v) is 12.6. The van der Waals surface area contributed by atoms with Gasteiger partial charge in [0, 0.05) is 12.2 Å². The van der Waals surface area contributed by atoms with E-state index < -0.39 is 0 Å². The van der Waals surface area contributed by atoms with Gasteiger partial charge in [-0.05, 0) is 56.5 Å². The van der Waals surface area contributed by atoms with Crippen LogP contribution in [-0.2, 0) is 11.3 Å². The van der Waals surface area contributed by atoms with Crippen molar-refractivity contribution in [3.63, 3.8) is 0 Å². The first kappa shape index (κ1) is 15.9. The zero-order valence-electron chi connectivity index (χ0n) is 12.6. The number of hydrogen-bond acceptors (Lipinski definition) is 4. The van der Waals surface area contributed by atoms with Crippen LogP contribution in [0.1, 0.15) is 25.3 Å². The van der Waals surface area contributed by atoms with Crippen LogP contribution in [-0.4, -0.2) is 41.7 Å². The second-order valence-corrected chi connectivity index (χ2v) is 5.81. The number of carbonyl (C=O) groups is 1. The Balaban J connectivity index is 1.80. The molecule has 2 rings (SSSR count). The van der Waals surface area contributed by atoms with Gasteiger partial charge in [-0.1, -0.05) is 12.1 Å². The van der Waals surface area contributed by atoms with Gasteiger partial charge in [-0.3, -0.25) is 9.69 Å². The molecule has 5 nitrogen and oxygen atoms in total. The number of benzene rings is 1. The van der Waals surface area contributed by atoms with Crippen LogP contribution in [0, 0.1) is 5.92 Å². The number of piperidine rings is 1. The molecule has 4 N–H and O–H groups in total. The van der Waals surface area contributed by atoms with E-state index >= 15 is 0 Å². The van der Waals surface area contributed by atoms with Crippen LogP contribution in [0.4, 0.5) is 5.69 Å². The Kier molecular flexibility index (Phi) is 5.73. The molecule has 0 saturated carbocycles. The standard InChI is InChI=1S/C16H25N3O2/c1-12(20)14-5-7-19(8-6-14)11-16(21)18-15-4-2-3-13(9-15)10-17/h2-4,9,12,14,20H,5-8,10-11,17H2,1H3,(H,18,21). The smallest absolute Gasteiger partial charge is 0.238 e. The lowest BCUT2D eigenvalue weighted by Gasteiger charge is -2.32. The Morgan fingerprint density at radius 2 is 2.19 bits per heavy atom. The summed E-state index contributed by atoms with van der Waals surface area (Å²) in [6.07, 6.45) is 1.65. The van der Waals surface area contributed by atoms with E-state index in [2.05, 4.69) is 10.2 Å². The third kappa shape index (κ3) is 4.81. The fourth-order valence-electron chi connectivity index (χ4n) is 2.77. The molecular weight excluding hydrogens is 266 g/mol. The summed E-state index contributed by atoms with van der Waals surface area (Å²) in [4.78, 5) is 14.2. The molecule has 0 aromatic heterocycles. The number of rotatable bonds is 5. The number of anilines is 1. The van der Waals surface area contributed by atoms with Crippen molar-refractivity contribution in [3.05, 3.63) is 29.8 Å². The second kappa shape index (κ2) is 7.54. The molecule has 1 aromatic rings. The van der Waals surface area contributed by atoms with Crippen LogP contribution in [0.15, 0.2) is 24.3 Å². The molecule has 0 spiro atoms. The largest absolute Gasteiger partial charge is 0.393 e. The zero-order chi connectivity index (χ0) is 15.2. The average molecular weight is 291 g/mol. The number of amides is 1. The van der Waals surface area contributed by atoms with Gasteiger partial charge in [0.15, 0.2) is 0 Å². The van der Waals surface area contributed by atoms with Gasteiger partial charge in [-0.2, -0.15) is 0 Å². The van der Waals surface area contributed by atoms with Crippen LogP contribution >= 0.6 is 0 Å². The lowest BCUT2D eigenvalue weighted by atomic mass is 9.92. The topological polar surface area (TPSA) is 78.6 Å². The lowest BCUT2D eigenvalue weighted by molar-refractivity contribution is -0.117. The first-order valence-corrected chi connectivity index (χ1v) is 7.57. The highest BCUT2D eigenvalue weighted by molar-refractivity contribution is 5.92. The molecule has 1 unspecified atom stereocenters. The highest BCUT2D eigenvalue weighted by Crippen LogP contribution is 2.20. The molecule has 1 aromatic carbocycles. The molecule has 1 saturated heterocycles. The maximum Gasteiger partial charge on any atom is 0.238 e.